The van der Waals surface area contributed by atoms with Crippen molar-refractivity contribution < 1.29 is 4.74 Å². The molecule has 1 aromatic rings. The molecule has 1 atom stereocenters. The first kappa shape index (κ1) is 13.7. The van der Waals surface area contributed by atoms with Crippen molar-refractivity contribution in [2.24, 2.45) is 11.7 Å². The predicted octanol–water partition coefficient (Wildman–Crippen LogP) is 2.87. The van der Waals surface area contributed by atoms with Gasteiger partial charge in [0.05, 0.1) is 12.3 Å². The molecule has 2 N–H and O–H groups in total. The van der Waals surface area contributed by atoms with Crippen LogP contribution < -0.4 is 10.5 Å². The van der Waals surface area contributed by atoms with Crippen LogP contribution in [0.3, 0.4) is 0 Å². The molecular formula is C14H22N2O. The van der Waals surface area contributed by atoms with E-state index in [4.69, 9.17) is 10.5 Å². The van der Waals surface area contributed by atoms with Crippen LogP contribution in [0.2, 0.25) is 0 Å². The normalized spacial score (nSPS) is 13.2. The Balaban J connectivity index is 2.59. The molecule has 17 heavy (non-hydrogen) atoms. The Labute approximate surface area is 104 Å². The van der Waals surface area contributed by atoms with Crippen molar-refractivity contribution in [1.82, 2.24) is 4.98 Å². The lowest BCUT2D eigenvalue weighted by atomic mass is 10.1. The van der Waals surface area contributed by atoms with E-state index in [-0.39, 0.29) is 6.10 Å². The van der Waals surface area contributed by atoms with Crippen molar-refractivity contribution in [3.8, 4) is 5.75 Å². The van der Waals surface area contributed by atoms with E-state index in [1.807, 2.05) is 26.1 Å². The molecule has 0 aliphatic heterocycles. The highest BCUT2D eigenvalue weighted by Crippen LogP contribution is 2.14. The van der Waals surface area contributed by atoms with Crippen LogP contribution in [0.25, 0.3) is 6.08 Å². The molecule has 3 heteroatoms. The number of ether oxygens (including phenoxy) is 1. The molecule has 0 amide bonds. The van der Waals surface area contributed by atoms with Crippen molar-refractivity contribution >= 4 is 6.08 Å². The molecule has 0 radical (unpaired) electrons. The van der Waals surface area contributed by atoms with Gasteiger partial charge >= 0.3 is 0 Å². The number of hydrogen-bond donors (Lipinski definition) is 1. The maximum Gasteiger partial charge on any atom is 0.138 e. The molecule has 3 nitrogen and oxygen atoms in total. The van der Waals surface area contributed by atoms with E-state index in [1.54, 1.807) is 6.20 Å². The van der Waals surface area contributed by atoms with E-state index >= 15 is 0 Å². The molecule has 0 aromatic carbocycles. The third-order valence-corrected chi connectivity index (χ3v) is 2.36. The third-order valence-electron chi connectivity index (χ3n) is 2.36. The molecule has 1 heterocycles. The Morgan fingerprint density at radius 3 is 2.76 bits per heavy atom. The Kier molecular flexibility index (Phi) is 5.70. The number of hydrogen-bond acceptors (Lipinski definition) is 3. The Morgan fingerprint density at radius 2 is 2.12 bits per heavy atom. The molecule has 0 saturated heterocycles. The minimum absolute atomic E-state index is 0.174. The summed E-state index contributed by atoms with van der Waals surface area (Å²) in [7, 11) is 0. The largest absolute Gasteiger partial charge is 0.489 e. The lowest BCUT2D eigenvalue weighted by molar-refractivity contribution is 0.241. The van der Waals surface area contributed by atoms with E-state index in [9.17, 15) is 0 Å². The predicted molar refractivity (Wildman–Crippen MR) is 71.9 cm³/mol. The van der Waals surface area contributed by atoms with Gasteiger partial charge in [-0.1, -0.05) is 19.1 Å². The number of pyridine rings is 1. The van der Waals surface area contributed by atoms with Gasteiger partial charge in [-0.3, -0.25) is 4.98 Å². The summed E-state index contributed by atoms with van der Waals surface area (Å²) in [4.78, 5) is 4.15. The molecule has 0 fully saturated rings. The van der Waals surface area contributed by atoms with Gasteiger partial charge in [-0.2, -0.15) is 0 Å². The standard InChI is InChI=1S/C14H22N2O/c1-11(2)17-14-7-13(9-16-10-14)6-4-5-12(3)8-15/h4,6-7,9-12H,5,8,15H2,1-3H3/b6-4+. The number of rotatable bonds is 6. The summed E-state index contributed by atoms with van der Waals surface area (Å²) in [5.74, 6) is 1.34. The van der Waals surface area contributed by atoms with Crippen molar-refractivity contribution in [3.63, 3.8) is 0 Å². The summed E-state index contributed by atoms with van der Waals surface area (Å²) >= 11 is 0. The monoisotopic (exact) mass is 234 g/mol. The van der Waals surface area contributed by atoms with Gasteiger partial charge in [0, 0.05) is 6.20 Å². The van der Waals surface area contributed by atoms with Crippen LogP contribution >= 0.6 is 0 Å². The summed E-state index contributed by atoms with van der Waals surface area (Å²) in [6.07, 6.45) is 8.93. The van der Waals surface area contributed by atoms with E-state index in [1.165, 1.54) is 0 Å². The number of aromatic nitrogens is 1. The first-order valence-electron chi connectivity index (χ1n) is 6.10. The van der Waals surface area contributed by atoms with Gasteiger partial charge in [0.2, 0.25) is 0 Å². The second-order valence-electron chi connectivity index (χ2n) is 4.60. The summed E-state index contributed by atoms with van der Waals surface area (Å²) < 4.78 is 5.59. The lowest BCUT2D eigenvalue weighted by Crippen LogP contribution is -2.09. The highest BCUT2D eigenvalue weighted by atomic mass is 16.5. The molecule has 0 aliphatic carbocycles. The third kappa shape index (κ3) is 5.50. The zero-order valence-corrected chi connectivity index (χ0v) is 10.9. The second kappa shape index (κ2) is 7.07. The summed E-state index contributed by atoms with van der Waals surface area (Å²) in [5.41, 5.74) is 6.63. The Morgan fingerprint density at radius 1 is 1.35 bits per heavy atom. The first-order valence-corrected chi connectivity index (χ1v) is 6.10. The van der Waals surface area contributed by atoms with Crippen LogP contribution in [0, 0.1) is 5.92 Å². The average molecular weight is 234 g/mol. The maximum absolute atomic E-state index is 5.59. The summed E-state index contributed by atoms with van der Waals surface area (Å²) in [5, 5.41) is 0. The first-order chi connectivity index (χ1) is 8.11. The molecule has 1 aromatic heterocycles. The summed E-state index contributed by atoms with van der Waals surface area (Å²) in [6, 6.07) is 2.00. The van der Waals surface area contributed by atoms with Gasteiger partial charge in [-0.25, -0.2) is 0 Å². The zero-order valence-electron chi connectivity index (χ0n) is 10.9. The number of nitrogens with two attached hydrogens (primary N) is 1. The van der Waals surface area contributed by atoms with E-state index in [2.05, 4.69) is 24.1 Å². The van der Waals surface area contributed by atoms with Gasteiger partial charge in [0.1, 0.15) is 5.75 Å². The van der Waals surface area contributed by atoms with Crippen LogP contribution in [-0.2, 0) is 0 Å². The van der Waals surface area contributed by atoms with Crippen molar-refractivity contribution in [1.29, 1.82) is 0 Å². The van der Waals surface area contributed by atoms with E-state index in [0.29, 0.717) is 5.92 Å². The number of allylic oxidation sites excluding steroid dienone is 1. The van der Waals surface area contributed by atoms with Crippen LogP contribution in [0.15, 0.2) is 24.5 Å². The highest BCUT2D eigenvalue weighted by Gasteiger charge is 1.99. The SMILES string of the molecule is CC(CN)C/C=C/c1cncc(OC(C)C)c1. The smallest absolute Gasteiger partial charge is 0.138 e. The quantitative estimate of drug-likeness (QED) is 0.823. The molecular weight excluding hydrogens is 212 g/mol. The van der Waals surface area contributed by atoms with Gasteiger partial charge in [-0.05, 0) is 44.4 Å². The number of nitrogens with zero attached hydrogens (tertiary/aromatic N) is 1. The Hall–Kier alpha value is -1.35. The topological polar surface area (TPSA) is 48.1 Å². The van der Waals surface area contributed by atoms with Gasteiger partial charge in [-0.15, -0.1) is 0 Å². The molecule has 94 valence electrons. The lowest BCUT2D eigenvalue weighted by Gasteiger charge is -2.09. The fraction of sp³-hybridized carbons (Fsp3) is 0.500. The van der Waals surface area contributed by atoms with E-state index < -0.39 is 0 Å². The van der Waals surface area contributed by atoms with Crippen molar-refractivity contribution in [2.45, 2.75) is 33.3 Å². The molecule has 0 bridgehead atoms. The second-order valence-corrected chi connectivity index (χ2v) is 4.60. The molecule has 0 spiro atoms. The van der Waals surface area contributed by atoms with Gasteiger partial charge in [0.25, 0.3) is 0 Å². The molecule has 0 saturated carbocycles. The maximum atomic E-state index is 5.59. The van der Waals surface area contributed by atoms with Gasteiger partial charge in [0.15, 0.2) is 0 Å². The van der Waals surface area contributed by atoms with E-state index in [0.717, 1.165) is 24.3 Å². The van der Waals surface area contributed by atoms with Crippen LogP contribution in [0.5, 0.6) is 5.75 Å². The zero-order chi connectivity index (χ0) is 12.7. The highest BCUT2D eigenvalue weighted by molar-refractivity contribution is 5.49. The minimum Gasteiger partial charge on any atom is -0.489 e. The molecule has 1 unspecified atom stereocenters. The average Bonchev–Trinajstić information content (AvgIpc) is 2.28. The Bertz CT molecular complexity index is 361. The van der Waals surface area contributed by atoms with Crippen LogP contribution in [0.1, 0.15) is 32.8 Å². The van der Waals surface area contributed by atoms with Gasteiger partial charge < -0.3 is 10.5 Å². The van der Waals surface area contributed by atoms with Crippen LogP contribution in [0.4, 0.5) is 0 Å². The summed E-state index contributed by atoms with van der Waals surface area (Å²) in [6.45, 7) is 6.87. The fourth-order valence-corrected chi connectivity index (χ4v) is 1.40. The minimum atomic E-state index is 0.174. The van der Waals surface area contributed by atoms with Crippen LogP contribution in [-0.4, -0.2) is 17.6 Å². The van der Waals surface area contributed by atoms with Crippen molar-refractivity contribution in [3.05, 3.63) is 30.1 Å². The van der Waals surface area contributed by atoms with Crippen molar-refractivity contribution in [2.75, 3.05) is 6.54 Å². The molecule has 0 aliphatic rings. The fourth-order valence-electron chi connectivity index (χ4n) is 1.40. The molecule has 1 rings (SSSR count).